The van der Waals surface area contributed by atoms with E-state index in [1.54, 1.807) is 0 Å². The van der Waals surface area contributed by atoms with E-state index in [4.69, 9.17) is 0 Å². The quantitative estimate of drug-likeness (QED) is 0.636. The second-order valence-corrected chi connectivity index (χ2v) is 11.3. The molecule has 170 valence electrons. The molecule has 4 fully saturated rings. The molecular weight excluding hydrogens is 376 g/mol. The van der Waals surface area contributed by atoms with Crippen LogP contribution in [0.1, 0.15) is 91.4 Å². The Hall–Kier alpha value is -1.10. The molecule has 4 rings (SSSR count). The summed E-state index contributed by atoms with van der Waals surface area (Å²) in [5.74, 6) is 0.761. The Balaban J connectivity index is 1.41. The normalized spacial score (nSPS) is 40.9. The van der Waals surface area contributed by atoms with Crippen LogP contribution < -0.4 is 10.6 Å². The molecule has 0 heterocycles. The number of carbonyl (C=O) groups is 2. The Labute approximate surface area is 182 Å². The zero-order valence-corrected chi connectivity index (χ0v) is 19.2. The van der Waals surface area contributed by atoms with Crippen molar-refractivity contribution in [2.75, 3.05) is 0 Å². The average molecular weight is 419 g/mol. The molecule has 0 spiro atoms. The molecular formula is C25H42N2O3. The van der Waals surface area contributed by atoms with Crippen LogP contribution in [0.2, 0.25) is 0 Å². The fourth-order valence-corrected chi connectivity index (χ4v) is 6.92. The van der Waals surface area contributed by atoms with Crippen molar-refractivity contribution in [2.45, 2.75) is 110 Å². The smallest absolute Gasteiger partial charge is 0.223 e. The van der Waals surface area contributed by atoms with E-state index in [1.807, 2.05) is 6.92 Å². The number of fused-ring (bicyclic) bond motifs is 1. The van der Waals surface area contributed by atoms with Crippen LogP contribution in [0.5, 0.6) is 0 Å². The highest BCUT2D eigenvalue weighted by molar-refractivity contribution is 5.81. The van der Waals surface area contributed by atoms with E-state index < -0.39 is 6.10 Å². The van der Waals surface area contributed by atoms with E-state index in [2.05, 4.69) is 24.5 Å². The molecule has 4 saturated carbocycles. The van der Waals surface area contributed by atoms with Crippen LogP contribution in [-0.2, 0) is 9.59 Å². The number of amides is 2. The van der Waals surface area contributed by atoms with E-state index in [0.29, 0.717) is 6.04 Å². The summed E-state index contributed by atoms with van der Waals surface area (Å²) in [6.45, 7) is 6.53. The first-order valence-corrected chi connectivity index (χ1v) is 12.6. The average Bonchev–Trinajstić information content (AvgIpc) is 3.56. The van der Waals surface area contributed by atoms with E-state index in [9.17, 15) is 14.7 Å². The van der Waals surface area contributed by atoms with E-state index in [1.165, 1.54) is 19.3 Å². The second-order valence-electron chi connectivity index (χ2n) is 11.3. The highest BCUT2D eigenvalue weighted by Gasteiger charge is 2.54. The van der Waals surface area contributed by atoms with Crippen molar-refractivity contribution in [1.29, 1.82) is 0 Å². The van der Waals surface area contributed by atoms with Gasteiger partial charge in [-0.25, -0.2) is 0 Å². The van der Waals surface area contributed by atoms with Crippen LogP contribution in [0.4, 0.5) is 0 Å². The van der Waals surface area contributed by atoms with Gasteiger partial charge in [0.25, 0.3) is 0 Å². The number of carbonyl (C=O) groups excluding carboxylic acids is 2. The van der Waals surface area contributed by atoms with Gasteiger partial charge in [0.05, 0.1) is 6.10 Å². The molecule has 0 bridgehead atoms. The fraction of sp³-hybridized carbons (Fsp3) is 0.920. The van der Waals surface area contributed by atoms with Gasteiger partial charge in [-0.1, -0.05) is 40.0 Å². The summed E-state index contributed by atoms with van der Waals surface area (Å²) in [5.41, 5.74) is 0.107. The molecule has 0 aromatic carbocycles. The van der Waals surface area contributed by atoms with Crippen molar-refractivity contribution in [3.63, 3.8) is 0 Å². The Kier molecular flexibility index (Phi) is 6.48. The molecule has 0 aromatic heterocycles. The lowest BCUT2D eigenvalue weighted by atomic mass is 9.51. The summed E-state index contributed by atoms with van der Waals surface area (Å²) >= 11 is 0. The summed E-state index contributed by atoms with van der Waals surface area (Å²) in [6.07, 6.45) is 11.5. The maximum Gasteiger partial charge on any atom is 0.223 e. The zero-order chi connectivity index (χ0) is 21.5. The lowest BCUT2D eigenvalue weighted by Gasteiger charge is -2.56. The highest BCUT2D eigenvalue weighted by Crippen LogP contribution is 2.55. The summed E-state index contributed by atoms with van der Waals surface area (Å²) in [4.78, 5) is 25.4. The second kappa shape index (κ2) is 8.80. The number of nitrogens with one attached hydrogen (secondary N) is 2. The third-order valence-corrected chi connectivity index (χ3v) is 9.17. The number of aliphatic hydroxyl groups is 1. The SMILES string of the molecule is C[C@H]1[C@@H]2[C@@H](O)[C@H]([C@H](C)C(=O)NC3CCCCC3)CC[C@@]2(C)CC[C@@H]1NC(=O)C1CC1. The van der Waals surface area contributed by atoms with Crippen molar-refractivity contribution in [2.24, 2.45) is 35.0 Å². The maximum absolute atomic E-state index is 13.0. The topological polar surface area (TPSA) is 78.4 Å². The van der Waals surface area contributed by atoms with Crippen molar-refractivity contribution in [1.82, 2.24) is 10.6 Å². The Bertz CT molecular complexity index is 642. The monoisotopic (exact) mass is 418 g/mol. The molecule has 5 nitrogen and oxygen atoms in total. The Morgan fingerprint density at radius 1 is 0.967 bits per heavy atom. The molecule has 0 aliphatic heterocycles. The summed E-state index contributed by atoms with van der Waals surface area (Å²) < 4.78 is 0. The minimum absolute atomic E-state index is 0.00648. The predicted octanol–water partition coefficient (Wildman–Crippen LogP) is 3.79. The van der Waals surface area contributed by atoms with Gasteiger partial charge in [-0.3, -0.25) is 9.59 Å². The molecule has 2 amide bonds. The van der Waals surface area contributed by atoms with Crippen molar-refractivity contribution in [3.8, 4) is 0 Å². The molecule has 7 atom stereocenters. The highest BCUT2D eigenvalue weighted by atomic mass is 16.3. The Morgan fingerprint density at radius 3 is 2.30 bits per heavy atom. The van der Waals surface area contributed by atoms with Gasteiger partial charge < -0.3 is 15.7 Å². The minimum Gasteiger partial charge on any atom is -0.392 e. The van der Waals surface area contributed by atoms with Gasteiger partial charge in [-0.15, -0.1) is 0 Å². The minimum atomic E-state index is -0.480. The van der Waals surface area contributed by atoms with Crippen LogP contribution in [0, 0.1) is 35.0 Å². The van der Waals surface area contributed by atoms with Crippen LogP contribution in [0.3, 0.4) is 0 Å². The van der Waals surface area contributed by atoms with Crippen LogP contribution in [0.15, 0.2) is 0 Å². The van der Waals surface area contributed by atoms with Gasteiger partial charge in [-0.2, -0.15) is 0 Å². The number of hydrogen-bond acceptors (Lipinski definition) is 3. The summed E-state index contributed by atoms with van der Waals surface area (Å²) in [6, 6.07) is 0.464. The van der Waals surface area contributed by atoms with Gasteiger partial charge in [-0.05, 0) is 74.5 Å². The maximum atomic E-state index is 13.0. The molecule has 3 N–H and O–H groups in total. The molecule has 4 aliphatic carbocycles. The predicted molar refractivity (Wildman–Crippen MR) is 118 cm³/mol. The fourth-order valence-electron chi connectivity index (χ4n) is 6.92. The number of hydrogen-bond donors (Lipinski definition) is 3. The standard InChI is InChI=1S/C25H42N2O3/c1-15(23(29)26-18-7-5-4-6-8-18)19-11-13-25(3)14-12-20(16(2)21(25)22(19)28)27-24(30)17-9-10-17/h15-22,28H,4-14H2,1-3H3,(H,26,29)(H,27,30)/t15-,16+,19-,20-,21+,22-,25-/m0/s1. The molecule has 0 unspecified atom stereocenters. The first-order chi connectivity index (χ1) is 14.3. The molecule has 30 heavy (non-hydrogen) atoms. The lowest BCUT2D eigenvalue weighted by Crippen LogP contribution is -2.59. The summed E-state index contributed by atoms with van der Waals surface area (Å²) in [5, 5.41) is 18.1. The van der Waals surface area contributed by atoms with Crippen molar-refractivity contribution in [3.05, 3.63) is 0 Å². The largest absolute Gasteiger partial charge is 0.392 e. The molecule has 5 heteroatoms. The van der Waals surface area contributed by atoms with Gasteiger partial charge >= 0.3 is 0 Å². The first-order valence-electron chi connectivity index (χ1n) is 12.6. The van der Waals surface area contributed by atoms with Gasteiger partial charge in [0.15, 0.2) is 0 Å². The number of rotatable bonds is 5. The van der Waals surface area contributed by atoms with Gasteiger partial charge in [0.1, 0.15) is 0 Å². The van der Waals surface area contributed by atoms with Crippen LogP contribution in [-0.4, -0.2) is 35.1 Å². The lowest BCUT2D eigenvalue weighted by molar-refractivity contribution is -0.144. The van der Waals surface area contributed by atoms with Crippen LogP contribution >= 0.6 is 0 Å². The molecule has 0 radical (unpaired) electrons. The van der Waals surface area contributed by atoms with E-state index in [0.717, 1.165) is 51.4 Å². The van der Waals surface area contributed by atoms with Crippen molar-refractivity contribution < 1.29 is 14.7 Å². The summed E-state index contributed by atoms with van der Waals surface area (Å²) in [7, 11) is 0. The molecule has 4 aliphatic rings. The molecule has 0 aromatic rings. The van der Waals surface area contributed by atoms with E-state index in [-0.39, 0.29) is 52.9 Å². The van der Waals surface area contributed by atoms with Gasteiger partial charge in [0.2, 0.25) is 11.8 Å². The van der Waals surface area contributed by atoms with E-state index >= 15 is 0 Å². The van der Waals surface area contributed by atoms with Gasteiger partial charge in [0, 0.05) is 23.9 Å². The Morgan fingerprint density at radius 2 is 1.63 bits per heavy atom. The third kappa shape index (κ3) is 4.42. The number of aliphatic hydroxyl groups excluding tert-OH is 1. The molecule has 0 saturated heterocycles. The third-order valence-electron chi connectivity index (χ3n) is 9.17. The van der Waals surface area contributed by atoms with Crippen LogP contribution in [0.25, 0.3) is 0 Å². The first kappa shape index (κ1) is 22.1. The van der Waals surface area contributed by atoms with Crippen molar-refractivity contribution >= 4 is 11.8 Å². The zero-order valence-electron chi connectivity index (χ0n) is 19.2.